The lowest BCUT2D eigenvalue weighted by atomic mass is 10.1. The van der Waals surface area contributed by atoms with Crippen LogP contribution in [0.4, 0.5) is 8.78 Å². The minimum absolute atomic E-state index is 0.0105. The number of hydrogen-bond donors (Lipinski definition) is 0. The maximum atomic E-state index is 12.8. The Labute approximate surface area is 159 Å². The van der Waals surface area contributed by atoms with E-state index in [2.05, 4.69) is 4.74 Å². The fourth-order valence-electron chi connectivity index (χ4n) is 3.42. The number of amides is 1. The smallest absolute Gasteiger partial charge is 0.387 e. The topological polar surface area (TPSA) is 42.4 Å². The van der Waals surface area contributed by atoms with E-state index < -0.39 is 6.61 Å². The number of ether oxygens (including phenoxy) is 1. The van der Waals surface area contributed by atoms with Gasteiger partial charge in [0.05, 0.1) is 22.7 Å². The van der Waals surface area contributed by atoms with E-state index in [1.165, 1.54) is 12.1 Å². The number of halogens is 2. The number of hydrogen-bond acceptors (Lipinski definition) is 4. The van der Waals surface area contributed by atoms with Gasteiger partial charge in [-0.05, 0) is 42.7 Å². The van der Waals surface area contributed by atoms with Gasteiger partial charge in [-0.3, -0.25) is 4.79 Å². The Bertz CT molecular complexity index is 910. The van der Waals surface area contributed by atoms with Crippen molar-refractivity contribution in [3.63, 3.8) is 0 Å². The van der Waals surface area contributed by atoms with Crippen molar-refractivity contribution < 1.29 is 18.3 Å². The van der Waals surface area contributed by atoms with Crippen molar-refractivity contribution in [2.24, 2.45) is 0 Å². The predicted octanol–water partition coefficient (Wildman–Crippen LogP) is 4.80. The molecule has 1 aromatic heterocycles. The molecule has 1 saturated heterocycles. The molecule has 140 valence electrons. The number of alkyl halides is 2. The predicted molar refractivity (Wildman–Crippen MR) is 100 cm³/mol. The number of rotatable bonds is 5. The maximum Gasteiger partial charge on any atom is 0.387 e. The Kier molecular flexibility index (Phi) is 5.03. The van der Waals surface area contributed by atoms with Crippen LogP contribution in [0, 0.1) is 0 Å². The Morgan fingerprint density at radius 1 is 1.22 bits per heavy atom. The van der Waals surface area contributed by atoms with Crippen molar-refractivity contribution in [3.8, 4) is 5.75 Å². The normalized spacial score (nSPS) is 17.0. The van der Waals surface area contributed by atoms with Crippen LogP contribution in [0.25, 0.3) is 10.2 Å². The van der Waals surface area contributed by atoms with E-state index in [4.69, 9.17) is 4.98 Å². The van der Waals surface area contributed by atoms with Crippen LogP contribution >= 0.6 is 11.3 Å². The Morgan fingerprint density at radius 2 is 2.00 bits per heavy atom. The summed E-state index contributed by atoms with van der Waals surface area (Å²) in [5, 5.41) is 0.975. The van der Waals surface area contributed by atoms with Gasteiger partial charge in [0, 0.05) is 6.54 Å². The summed E-state index contributed by atoms with van der Waals surface area (Å²) in [6, 6.07) is 14.2. The highest BCUT2D eigenvalue weighted by atomic mass is 32.1. The number of benzene rings is 2. The first-order valence-electron chi connectivity index (χ1n) is 8.79. The molecule has 3 aromatic rings. The van der Waals surface area contributed by atoms with Crippen LogP contribution in [0.1, 0.15) is 29.5 Å². The third-order valence-electron chi connectivity index (χ3n) is 4.67. The molecule has 27 heavy (non-hydrogen) atoms. The van der Waals surface area contributed by atoms with Crippen molar-refractivity contribution >= 4 is 27.5 Å². The first kappa shape index (κ1) is 17.9. The SMILES string of the molecule is O=C(Cc1ccc(OC(F)F)cc1)N1CCCC1c1nc2ccccc2s1. The summed E-state index contributed by atoms with van der Waals surface area (Å²) in [7, 11) is 0. The zero-order chi connectivity index (χ0) is 18.8. The van der Waals surface area contributed by atoms with Gasteiger partial charge in [-0.2, -0.15) is 8.78 Å². The Morgan fingerprint density at radius 3 is 2.74 bits per heavy atom. The molecule has 1 aliphatic heterocycles. The highest BCUT2D eigenvalue weighted by Crippen LogP contribution is 2.36. The summed E-state index contributed by atoms with van der Waals surface area (Å²) in [4.78, 5) is 19.4. The molecule has 0 bridgehead atoms. The van der Waals surface area contributed by atoms with Gasteiger partial charge in [-0.1, -0.05) is 24.3 Å². The van der Waals surface area contributed by atoms with E-state index in [0.717, 1.165) is 33.6 Å². The summed E-state index contributed by atoms with van der Waals surface area (Å²) in [6.45, 7) is -2.14. The van der Waals surface area contributed by atoms with Crippen molar-refractivity contribution in [2.45, 2.75) is 31.9 Å². The molecule has 4 rings (SSSR count). The first-order chi connectivity index (χ1) is 13.1. The summed E-state index contributed by atoms with van der Waals surface area (Å²) >= 11 is 1.64. The average molecular weight is 388 g/mol. The van der Waals surface area contributed by atoms with Gasteiger partial charge in [0.15, 0.2) is 0 Å². The number of carbonyl (C=O) groups is 1. The number of aromatic nitrogens is 1. The summed E-state index contributed by atoms with van der Waals surface area (Å²) < 4.78 is 29.9. The molecule has 1 aliphatic rings. The van der Waals surface area contributed by atoms with E-state index in [1.807, 2.05) is 29.2 Å². The average Bonchev–Trinajstić information content (AvgIpc) is 3.29. The lowest BCUT2D eigenvalue weighted by Crippen LogP contribution is -2.31. The fourth-order valence-corrected chi connectivity index (χ4v) is 4.53. The number of fused-ring (bicyclic) bond motifs is 1. The van der Waals surface area contributed by atoms with Crippen molar-refractivity contribution in [2.75, 3.05) is 6.54 Å². The van der Waals surface area contributed by atoms with E-state index in [0.29, 0.717) is 6.54 Å². The van der Waals surface area contributed by atoms with E-state index in [1.54, 1.807) is 23.5 Å². The minimum Gasteiger partial charge on any atom is -0.435 e. The largest absolute Gasteiger partial charge is 0.435 e. The number of likely N-dealkylation sites (tertiary alicyclic amines) is 1. The van der Waals surface area contributed by atoms with Crippen LogP contribution in [-0.2, 0) is 11.2 Å². The molecule has 7 heteroatoms. The lowest BCUT2D eigenvalue weighted by Gasteiger charge is -2.23. The van der Waals surface area contributed by atoms with Gasteiger partial charge in [-0.25, -0.2) is 4.98 Å². The maximum absolute atomic E-state index is 12.8. The molecule has 1 fully saturated rings. The van der Waals surface area contributed by atoms with Crippen molar-refractivity contribution in [3.05, 3.63) is 59.1 Å². The molecule has 0 aliphatic carbocycles. The third-order valence-corrected chi connectivity index (χ3v) is 5.81. The Hall–Kier alpha value is -2.54. The Balaban J connectivity index is 1.47. The molecule has 1 unspecified atom stereocenters. The quantitative estimate of drug-likeness (QED) is 0.630. The second-order valence-corrected chi connectivity index (χ2v) is 7.53. The van der Waals surface area contributed by atoms with Gasteiger partial charge >= 0.3 is 6.61 Å². The number of nitrogens with zero attached hydrogens (tertiary/aromatic N) is 2. The minimum atomic E-state index is -2.85. The number of carbonyl (C=O) groups excluding carboxylic acids is 1. The van der Waals surface area contributed by atoms with Crippen LogP contribution in [0.15, 0.2) is 48.5 Å². The highest BCUT2D eigenvalue weighted by molar-refractivity contribution is 7.18. The van der Waals surface area contributed by atoms with Gasteiger partial charge < -0.3 is 9.64 Å². The molecule has 0 radical (unpaired) electrons. The monoisotopic (exact) mass is 388 g/mol. The molecule has 0 N–H and O–H groups in total. The van der Waals surface area contributed by atoms with Gasteiger partial charge in [0.2, 0.25) is 5.91 Å². The molecule has 2 aromatic carbocycles. The molecule has 1 amide bonds. The molecular formula is C20H18F2N2O2S. The highest BCUT2D eigenvalue weighted by Gasteiger charge is 2.32. The second-order valence-electron chi connectivity index (χ2n) is 6.46. The number of para-hydroxylation sites is 1. The summed E-state index contributed by atoms with van der Waals surface area (Å²) in [5.41, 5.74) is 1.74. The van der Waals surface area contributed by atoms with Crippen LogP contribution in [-0.4, -0.2) is 28.9 Å². The van der Waals surface area contributed by atoms with Crippen LogP contribution in [0.2, 0.25) is 0 Å². The van der Waals surface area contributed by atoms with E-state index >= 15 is 0 Å². The fraction of sp³-hybridized carbons (Fsp3) is 0.300. The molecule has 0 spiro atoms. The molecular weight excluding hydrogens is 370 g/mol. The third kappa shape index (κ3) is 3.93. The summed E-state index contributed by atoms with van der Waals surface area (Å²) in [6.07, 6.45) is 2.09. The van der Waals surface area contributed by atoms with Gasteiger partial charge in [-0.15, -0.1) is 11.3 Å². The van der Waals surface area contributed by atoms with E-state index in [9.17, 15) is 13.6 Å². The standard InChI is InChI=1S/C20H18F2N2O2S/c21-20(22)26-14-9-7-13(8-10-14)12-18(25)24-11-3-5-16(24)19-23-15-4-1-2-6-17(15)27-19/h1-2,4,6-10,16,20H,3,5,11-12H2. The van der Waals surface area contributed by atoms with Gasteiger partial charge in [0.25, 0.3) is 0 Å². The molecule has 1 atom stereocenters. The van der Waals surface area contributed by atoms with Crippen molar-refractivity contribution in [1.29, 1.82) is 0 Å². The zero-order valence-electron chi connectivity index (χ0n) is 14.5. The van der Waals surface area contributed by atoms with Crippen LogP contribution in [0.3, 0.4) is 0 Å². The molecule has 2 heterocycles. The van der Waals surface area contributed by atoms with E-state index in [-0.39, 0.29) is 24.1 Å². The van der Waals surface area contributed by atoms with Gasteiger partial charge in [0.1, 0.15) is 10.8 Å². The summed E-state index contributed by atoms with van der Waals surface area (Å²) in [5.74, 6) is 0.119. The lowest BCUT2D eigenvalue weighted by molar-refractivity contribution is -0.131. The van der Waals surface area contributed by atoms with Crippen LogP contribution in [0.5, 0.6) is 5.75 Å². The van der Waals surface area contributed by atoms with Crippen molar-refractivity contribution in [1.82, 2.24) is 9.88 Å². The van der Waals surface area contributed by atoms with Crippen LogP contribution < -0.4 is 4.74 Å². The molecule has 4 nitrogen and oxygen atoms in total. The zero-order valence-corrected chi connectivity index (χ0v) is 15.3. The first-order valence-corrected chi connectivity index (χ1v) is 9.60. The molecule has 0 saturated carbocycles. The second kappa shape index (κ2) is 7.60. The number of thiazole rings is 1.